The van der Waals surface area contributed by atoms with Crippen LogP contribution >= 0.6 is 0 Å². The van der Waals surface area contributed by atoms with Crippen molar-refractivity contribution in [3.05, 3.63) is 24.0 Å². The molecule has 5 nitrogen and oxygen atoms in total. The molecule has 1 aromatic rings. The van der Waals surface area contributed by atoms with Crippen LogP contribution in [0, 0.1) is 12.3 Å². The van der Waals surface area contributed by atoms with E-state index >= 15 is 0 Å². The molecule has 1 fully saturated rings. The van der Waals surface area contributed by atoms with E-state index in [1.165, 1.54) is 0 Å². The number of nitrogens with one attached hydrogen (secondary N) is 2. The van der Waals surface area contributed by atoms with Gasteiger partial charge in [0.2, 0.25) is 5.91 Å². The lowest BCUT2D eigenvalue weighted by atomic mass is 9.78. The first kappa shape index (κ1) is 14.0. The van der Waals surface area contributed by atoms with Gasteiger partial charge in [0, 0.05) is 24.7 Å². The molecule has 0 unspecified atom stereocenters. The van der Waals surface area contributed by atoms with Crippen molar-refractivity contribution < 1.29 is 9.53 Å². The van der Waals surface area contributed by atoms with Crippen LogP contribution < -0.4 is 10.6 Å². The minimum Gasteiger partial charge on any atom is -0.384 e. The summed E-state index contributed by atoms with van der Waals surface area (Å²) in [5, 5.41) is 6.27. The van der Waals surface area contributed by atoms with E-state index in [1.807, 2.05) is 19.1 Å². The molecule has 0 atom stereocenters. The van der Waals surface area contributed by atoms with Gasteiger partial charge in [0.05, 0.1) is 12.0 Å². The van der Waals surface area contributed by atoms with Crippen molar-refractivity contribution in [1.29, 1.82) is 0 Å². The molecule has 104 valence electrons. The van der Waals surface area contributed by atoms with E-state index in [0.717, 1.165) is 37.3 Å². The number of carbonyl (C=O) groups is 1. The van der Waals surface area contributed by atoms with Crippen LogP contribution in [0.5, 0.6) is 0 Å². The average molecular weight is 263 g/mol. The zero-order chi connectivity index (χ0) is 13.7. The van der Waals surface area contributed by atoms with Gasteiger partial charge in [0.15, 0.2) is 0 Å². The number of nitrogens with zero attached hydrogens (tertiary/aromatic N) is 1. The predicted molar refractivity (Wildman–Crippen MR) is 74.0 cm³/mol. The highest BCUT2D eigenvalue weighted by molar-refractivity contribution is 5.95. The number of aryl methyl sites for hydroxylation is 1. The largest absolute Gasteiger partial charge is 0.384 e. The number of hydrogen-bond acceptors (Lipinski definition) is 4. The third-order valence-electron chi connectivity index (χ3n) is 3.62. The van der Waals surface area contributed by atoms with Gasteiger partial charge in [0.25, 0.3) is 0 Å². The van der Waals surface area contributed by atoms with E-state index in [0.29, 0.717) is 6.61 Å². The molecule has 1 saturated heterocycles. The summed E-state index contributed by atoms with van der Waals surface area (Å²) in [7, 11) is 1.65. The molecule has 19 heavy (non-hydrogen) atoms. The lowest BCUT2D eigenvalue weighted by molar-refractivity contribution is -0.130. The third-order valence-corrected chi connectivity index (χ3v) is 3.62. The summed E-state index contributed by atoms with van der Waals surface area (Å²) in [5.74, 6) is 0.0430. The zero-order valence-corrected chi connectivity index (χ0v) is 11.5. The molecule has 2 N–H and O–H groups in total. The lowest BCUT2D eigenvalue weighted by Gasteiger charge is -2.35. The molecule has 0 radical (unpaired) electrons. The molecule has 2 heterocycles. The molecular formula is C14H21N3O2. The lowest BCUT2D eigenvalue weighted by Crippen LogP contribution is -2.47. The van der Waals surface area contributed by atoms with Crippen molar-refractivity contribution in [2.24, 2.45) is 5.41 Å². The number of ether oxygens (including phenoxy) is 1. The standard InChI is InChI=1S/C14H21N3O2/c1-11-9-12(3-6-16-11)17-13(18)14(10-19-2)4-7-15-8-5-14/h3,6,9,15H,4-5,7-8,10H2,1-2H3,(H,16,17,18). The van der Waals surface area contributed by atoms with Crippen molar-refractivity contribution in [2.75, 3.05) is 32.1 Å². The average Bonchev–Trinajstić information content (AvgIpc) is 2.40. The van der Waals surface area contributed by atoms with Crippen molar-refractivity contribution in [2.45, 2.75) is 19.8 Å². The van der Waals surface area contributed by atoms with Gasteiger partial charge in [-0.25, -0.2) is 0 Å². The quantitative estimate of drug-likeness (QED) is 0.860. The summed E-state index contributed by atoms with van der Waals surface area (Å²) < 4.78 is 5.27. The Bertz CT molecular complexity index is 437. The van der Waals surface area contributed by atoms with Crippen LogP contribution in [-0.4, -0.2) is 37.7 Å². The molecule has 0 spiro atoms. The molecule has 2 rings (SSSR count). The fourth-order valence-corrected chi connectivity index (χ4v) is 2.51. The van der Waals surface area contributed by atoms with Gasteiger partial charge in [0.1, 0.15) is 0 Å². The molecule has 0 saturated carbocycles. The smallest absolute Gasteiger partial charge is 0.233 e. The number of amides is 1. The van der Waals surface area contributed by atoms with E-state index in [2.05, 4.69) is 15.6 Å². The summed E-state index contributed by atoms with van der Waals surface area (Å²) in [4.78, 5) is 16.7. The van der Waals surface area contributed by atoms with E-state index in [9.17, 15) is 4.79 Å². The topological polar surface area (TPSA) is 63.2 Å². The van der Waals surface area contributed by atoms with E-state index < -0.39 is 5.41 Å². The summed E-state index contributed by atoms with van der Waals surface area (Å²) in [5.41, 5.74) is 1.27. The number of carbonyl (C=O) groups excluding carboxylic acids is 1. The molecule has 0 bridgehead atoms. The molecule has 1 aromatic heterocycles. The maximum atomic E-state index is 12.6. The Hall–Kier alpha value is -1.46. The van der Waals surface area contributed by atoms with Crippen molar-refractivity contribution in [3.8, 4) is 0 Å². The highest BCUT2D eigenvalue weighted by atomic mass is 16.5. The minimum absolute atomic E-state index is 0.0430. The second-order valence-corrected chi connectivity index (χ2v) is 5.10. The van der Waals surface area contributed by atoms with Crippen LogP contribution in [0.3, 0.4) is 0 Å². The second-order valence-electron chi connectivity index (χ2n) is 5.10. The molecule has 0 aromatic carbocycles. The molecule has 1 aliphatic rings. The van der Waals surface area contributed by atoms with Crippen molar-refractivity contribution in [3.63, 3.8) is 0 Å². The number of rotatable bonds is 4. The van der Waals surface area contributed by atoms with E-state index in [4.69, 9.17) is 4.74 Å². The first-order chi connectivity index (χ1) is 9.16. The van der Waals surface area contributed by atoms with Gasteiger partial charge in [-0.05, 0) is 45.0 Å². The van der Waals surface area contributed by atoms with Gasteiger partial charge < -0.3 is 15.4 Å². The summed E-state index contributed by atoms with van der Waals surface area (Å²) in [6.45, 7) is 4.08. The zero-order valence-electron chi connectivity index (χ0n) is 11.5. The van der Waals surface area contributed by atoms with Gasteiger partial charge in [-0.3, -0.25) is 9.78 Å². The van der Waals surface area contributed by atoms with E-state index in [1.54, 1.807) is 13.3 Å². The van der Waals surface area contributed by atoms with Crippen LogP contribution in [0.25, 0.3) is 0 Å². The summed E-state index contributed by atoms with van der Waals surface area (Å²) in [6, 6.07) is 3.69. The van der Waals surface area contributed by atoms with E-state index in [-0.39, 0.29) is 5.91 Å². The SMILES string of the molecule is COCC1(C(=O)Nc2ccnc(C)c2)CCNCC1. The second kappa shape index (κ2) is 6.12. The molecule has 0 aliphatic carbocycles. The first-order valence-electron chi connectivity index (χ1n) is 6.60. The number of pyridine rings is 1. The van der Waals surface area contributed by atoms with Gasteiger partial charge in [-0.15, -0.1) is 0 Å². The summed E-state index contributed by atoms with van der Waals surface area (Å²) >= 11 is 0. The Morgan fingerprint density at radius 2 is 2.26 bits per heavy atom. The maximum absolute atomic E-state index is 12.6. The van der Waals surface area contributed by atoms with Crippen molar-refractivity contribution >= 4 is 11.6 Å². The van der Waals surface area contributed by atoms with Gasteiger partial charge >= 0.3 is 0 Å². The van der Waals surface area contributed by atoms with Crippen molar-refractivity contribution in [1.82, 2.24) is 10.3 Å². The fourth-order valence-electron chi connectivity index (χ4n) is 2.51. The number of piperidine rings is 1. The van der Waals surface area contributed by atoms with Gasteiger partial charge in [-0.2, -0.15) is 0 Å². The van der Waals surface area contributed by atoms with Crippen LogP contribution in [0.15, 0.2) is 18.3 Å². The van der Waals surface area contributed by atoms with Crippen LogP contribution in [0.1, 0.15) is 18.5 Å². The van der Waals surface area contributed by atoms with Gasteiger partial charge in [-0.1, -0.05) is 0 Å². The van der Waals surface area contributed by atoms with Crippen LogP contribution in [0.4, 0.5) is 5.69 Å². The highest BCUT2D eigenvalue weighted by Gasteiger charge is 2.39. The Labute approximate surface area is 113 Å². The number of methoxy groups -OCH3 is 1. The Kier molecular flexibility index (Phi) is 4.50. The van der Waals surface area contributed by atoms with Crippen LogP contribution in [0.2, 0.25) is 0 Å². The Morgan fingerprint density at radius 1 is 1.53 bits per heavy atom. The minimum atomic E-state index is -0.419. The maximum Gasteiger partial charge on any atom is 0.233 e. The highest BCUT2D eigenvalue weighted by Crippen LogP contribution is 2.30. The monoisotopic (exact) mass is 263 g/mol. The molecule has 1 aliphatic heterocycles. The molecule has 1 amide bonds. The number of hydrogen-bond donors (Lipinski definition) is 2. The molecular weight excluding hydrogens is 242 g/mol. The fraction of sp³-hybridized carbons (Fsp3) is 0.571. The normalized spacial score (nSPS) is 18.0. The number of aromatic nitrogens is 1. The Balaban J connectivity index is 2.11. The summed E-state index contributed by atoms with van der Waals surface area (Å²) in [6.07, 6.45) is 3.31. The third kappa shape index (κ3) is 3.30. The predicted octanol–water partition coefficient (Wildman–Crippen LogP) is 1.34. The number of anilines is 1. The first-order valence-corrected chi connectivity index (χ1v) is 6.60. The van der Waals surface area contributed by atoms with Crippen LogP contribution in [-0.2, 0) is 9.53 Å². The Morgan fingerprint density at radius 3 is 2.89 bits per heavy atom. The molecule has 5 heteroatoms.